The van der Waals surface area contributed by atoms with Crippen molar-refractivity contribution in [2.75, 3.05) is 24.3 Å². The second kappa shape index (κ2) is 5.80. The number of carbonyl (C=O) groups excluding carboxylic acids is 1. The van der Waals surface area contributed by atoms with Crippen LogP contribution in [-0.2, 0) is 0 Å². The number of rotatable bonds is 3. The van der Waals surface area contributed by atoms with Crippen molar-refractivity contribution in [3.05, 3.63) is 36.5 Å². The van der Waals surface area contributed by atoms with Gasteiger partial charge in [-0.05, 0) is 25.1 Å². The standard InChI is InChI=1S/C12H17N3O/c1-4-8-13-12(16)14-10-6-5-7-11(9-10)15(2)3/h4-9H,1-3H3,(H2,13,14,16)/b8-4+. The first-order chi connectivity index (χ1) is 7.63. The van der Waals surface area contributed by atoms with Crippen molar-refractivity contribution in [3.63, 3.8) is 0 Å². The molecule has 2 N–H and O–H groups in total. The summed E-state index contributed by atoms with van der Waals surface area (Å²) in [6.07, 6.45) is 3.35. The van der Waals surface area contributed by atoms with E-state index >= 15 is 0 Å². The molecule has 0 aliphatic rings. The minimum atomic E-state index is -0.242. The number of hydrogen-bond donors (Lipinski definition) is 2. The number of benzene rings is 1. The van der Waals surface area contributed by atoms with Gasteiger partial charge in [0, 0.05) is 31.7 Å². The maximum Gasteiger partial charge on any atom is 0.323 e. The Labute approximate surface area is 96.0 Å². The van der Waals surface area contributed by atoms with Crippen molar-refractivity contribution in [1.82, 2.24) is 5.32 Å². The van der Waals surface area contributed by atoms with E-state index in [-0.39, 0.29) is 6.03 Å². The van der Waals surface area contributed by atoms with Crippen LogP contribution >= 0.6 is 0 Å². The molecule has 0 aliphatic heterocycles. The van der Waals surface area contributed by atoms with E-state index in [1.807, 2.05) is 50.2 Å². The Hall–Kier alpha value is -1.97. The summed E-state index contributed by atoms with van der Waals surface area (Å²) < 4.78 is 0. The highest BCUT2D eigenvalue weighted by molar-refractivity contribution is 5.90. The molecule has 4 heteroatoms. The van der Waals surface area contributed by atoms with Crippen LogP contribution in [0, 0.1) is 0 Å². The van der Waals surface area contributed by atoms with Crippen LogP contribution in [-0.4, -0.2) is 20.1 Å². The van der Waals surface area contributed by atoms with Crippen LogP contribution in [0.3, 0.4) is 0 Å². The van der Waals surface area contributed by atoms with Crippen molar-refractivity contribution in [1.29, 1.82) is 0 Å². The molecule has 0 bridgehead atoms. The first-order valence-corrected chi connectivity index (χ1v) is 5.09. The summed E-state index contributed by atoms with van der Waals surface area (Å²) >= 11 is 0. The monoisotopic (exact) mass is 219 g/mol. The van der Waals surface area contributed by atoms with Gasteiger partial charge in [-0.2, -0.15) is 0 Å². The van der Waals surface area contributed by atoms with Crippen molar-refractivity contribution in [3.8, 4) is 0 Å². The Morgan fingerprint density at radius 1 is 1.38 bits per heavy atom. The van der Waals surface area contributed by atoms with Gasteiger partial charge >= 0.3 is 6.03 Å². The maximum absolute atomic E-state index is 11.4. The highest BCUT2D eigenvalue weighted by atomic mass is 16.2. The van der Waals surface area contributed by atoms with Crippen molar-refractivity contribution in [2.24, 2.45) is 0 Å². The number of carbonyl (C=O) groups is 1. The van der Waals surface area contributed by atoms with E-state index < -0.39 is 0 Å². The number of nitrogens with zero attached hydrogens (tertiary/aromatic N) is 1. The Balaban J connectivity index is 2.66. The summed E-state index contributed by atoms with van der Waals surface area (Å²) in [5.41, 5.74) is 1.82. The third kappa shape index (κ3) is 3.65. The van der Waals surface area contributed by atoms with Gasteiger partial charge in [-0.3, -0.25) is 0 Å². The summed E-state index contributed by atoms with van der Waals surface area (Å²) in [5.74, 6) is 0. The molecule has 0 unspecified atom stereocenters. The predicted octanol–water partition coefficient (Wildman–Crippen LogP) is 2.41. The summed E-state index contributed by atoms with van der Waals surface area (Å²) in [7, 11) is 3.91. The Morgan fingerprint density at radius 2 is 2.12 bits per heavy atom. The number of anilines is 2. The van der Waals surface area contributed by atoms with Crippen LogP contribution < -0.4 is 15.5 Å². The van der Waals surface area contributed by atoms with E-state index in [4.69, 9.17) is 0 Å². The first kappa shape index (κ1) is 12.1. The van der Waals surface area contributed by atoms with Gasteiger partial charge in [0.2, 0.25) is 0 Å². The third-order valence-electron chi connectivity index (χ3n) is 2.00. The van der Waals surface area contributed by atoms with E-state index in [2.05, 4.69) is 10.6 Å². The summed E-state index contributed by atoms with van der Waals surface area (Å²) in [5, 5.41) is 5.33. The lowest BCUT2D eigenvalue weighted by Crippen LogP contribution is -2.23. The SMILES string of the molecule is C/C=C/NC(=O)Nc1cccc(N(C)C)c1. The van der Waals surface area contributed by atoms with Gasteiger partial charge in [0.25, 0.3) is 0 Å². The summed E-state index contributed by atoms with van der Waals surface area (Å²) in [6.45, 7) is 1.84. The topological polar surface area (TPSA) is 44.4 Å². The van der Waals surface area contributed by atoms with E-state index in [0.717, 1.165) is 11.4 Å². The second-order valence-corrected chi connectivity index (χ2v) is 3.54. The highest BCUT2D eigenvalue weighted by Crippen LogP contribution is 2.16. The van der Waals surface area contributed by atoms with E-state index in [1.54, 1.807) is 12.3 Å². The van der Waals surface area contributed by atoms with Gasteiger partial charge < -0.3 is 15.5 Å². The molecule has 1 rings (SSSR count). The number of nitrogens with one attached hydrogen (secondary N) is 2. The first-order valence-electron chi connectivity index (χ1n) is 5.09. The molecule has 0 heterocycles. The molecule has 0 saturated heterocycles. The minimum absolute atomic E-state index is 0.242. The molecular formula is C12H17N3O. The highest BCUT2D eigenvalue weighted by Gasteiger charge is 2.00. The molecule has 1 aromatic carbocycles. The molecule has 4 nitrogen and oxygen atoms in total. The molecule has 0 aliphatic carbocycles. The maximum atomic E-state index is 11.4. The van der Waals surface area contributed by atoms with Crippen LogP contribution in [0.2, 0.25) is 0 Å². The zero-order chi connectivity index (χ0) is 12.0. The molecule has 2 amide bonds. The quantitative estimate of drug-likeness (QED) is 0.820. The molecule has 0 fully saturated rings. The third-order valence-corrected chi connectivity index (χ3v) is 2.00. The zero-order valence-electron chi connectivity index (χ0n) is 9.82. The molecular weight excluding hydrogens is 202 g/mol. The Morgan fingerprint density at radius 3 is 2.75 bits per heavy atom. The van der Waals surface area contributed by atoms with Gasteiger partial charge in [0.1, 0.15) is 0 Å². The summed E-state index contributed by atoms with van der Waals surface area (Å²) in [6, 6.07) is 7.40. The fourth-order valence-electron chi connectivity index (χ4n) is 1.19. The predicted molar refractivity (Wildman–Crippen MR) is 67.7 cm³/mol. The lowest BCUT2D eigenvalue weighted by Gasteiger charge is -2.13. The van der Waals surface area contributed by atoms with E-state index in [1.165, 1.54) is 0 Å². The molecule has 0 saturated carbocycles. The Bertz CT molecular complexity index is 386. The Kier molecular flexibility index (Phi) is 4.39. The average Bonchev–Trinajstić information content (AvgIpc) is 2.26. The number of hydrogen-bond acceptors (Lipinski definition) is 2. The summed E-state index contributed by atoms with van der Waals surface area (Å²) in [4.78, 5) is 13.3. The number of amides is 2. The lowest BCUT2D eigenvalue weighted by molar-refractivity contribution is 0.255. The fourth-order valence-corrected chi connectivity index (χ4v) is 1.19. The van der Waals surface area contributed by atoms with Crippen LogP contribution in [0.1, 0.15) is 6.92 Å². The van der Waals surface area contributed by atoms with E-state index in [9.17, 15) is 4.79 Å². The van der Waals surface area contributed by atoms with Crippen molar-refractivity contribution < 1.29 is 4.79 Å². The molecule has 0 atom stereocenters. The van der Waals surface area contributed by atoms with E-state index in [0.29, 0.717) is 0 Å². The van der Waals surface area contributed by atoms with Crippen molar-refractivity contribution >= 4 is 17.4 Å². The van der Waals surface area contributed by atoms with Crippen molar-refractivity contribution in [2.45, 2.75) is 6.92 Å². The largest absolute Gasteiger partial charge is 0.378 e. The fraction of sp³-hybridized carbons (Fsp3) is 0.250. The van der Waals surface area contributed by atoms with Gasteiger partial charge in [0.15, 0.2) is 0 Å². The smallest absolute Gasteiger partial charge is 0.323 e. The molecule has 1 aromatic rings. The number of urea groups is 1. The van der Waals surface area contributed by atoms with Crippen LogP contribution in [0.25, 0.3) is 0 Å². The molecule has 0 aromatic heterocycles. The normalized spacial score (nSPS) is 10.2. The minimum Gasteiger partial charge on any atom is -0.378 e. The van der Waals surface area contributed by atoms with Gasteiger partial charge in [0.05, 0.1) is 0 Å². The molecule has 86 valence electrons. The lowest BCUT2D eigenvalue weighted by atomic mass is 10.2. The molecule has 0 spiro atoms. The van der Waals surface area contributed by atoms with Gasteiger partial charge in [-0.15, -0.1) is 0 Å². The molecule has 0 radical (unpaired) electrons. The van der Waals surface area contributed by atoms with Crippen LogP contribution in [0.15, 0.2) is 36.5 Å². The zero-order valence-corrected chi connectivity index (χ0v) is 9.82. The van der Waals surface area contributed by atoms with Gasteiger partial charge in [-0.25, -0.2) is 4.79 Å². The average molecular weight is 219 g/mol. The molecule has 16 heavy (non-hydrogen) atoms. The number of allylic oxidation sites excluding steroid dienone is 1. The van der Waals surface area contributed by atoms with Gasteiger partial charge in [-0.1, -0.05) is 12.1 Å². The van der Waals surface area contributed by atoms with Crippen LogP contribution in [0.4, 0.5) is 16.2 Å². The second-order valence-electron chi connectivity index (χ2n) is 3.54. The van der Waals surface area contributed by atoms with Crippen LogP contribution in [0.5, 0.6) is 0 Å².